The fourth-order valence-electron chi connectivity index (χ4n) is 6.83. The fraction of sp³-hybridized carbons (Fsp3) is 0.459. The number of carbonyl (C=O) groups excluding carboxylic acids is 2. The van der Waals surface area contributed by atoms with E-state index >= 15 is 0 Å². The van der Waals surface area contributed by atoms with Crippen LogP contribution in [0.2, 0.25) is 5.02 Å². The molecule has 3 aromatic rings. The van der Waals surface area contributed by atoms with Crippen molar-refractivity contribution in [2.45, 2.75) is 70.4 Å². The number of rotatable bonds is 5. The minimum atomic E-state index is -3.44. The zero-order valence-corrected chi connectivity index (χ0v) is 29.5. The van der Waals surface area contributed by atoms with Crippen molar-refractivity contribution in [3.05, 3.63) is 94.5 Å². The summed E-state index contributed by atoms with van der Waals surface area (Å²) in [6.07, 6.45) is 13.5. The highest BCUT2D eigenvalue weighted by Crippen LogP contribution is 2.42. The molecule has 10 nitrogen and oxygen atoms in total. The number of aryl methyl sites for hydroxylation is 2. The number of nitrogens with one attached hydrogen (secondary N) is 1. The molecule has 49 heavy (non-hydrogen) atoms. The molecule has 3 heterocycles. The van der Waals surface area contributed by atoms with E-state index in [1.807, 2.05) is 18.2 Å². The second kappa shape index (κ2) is 16.3. The number of methoxy groups -OCH3 is 1. The maximum atomic E-state index is 14.2. The van der Waals surface area contributed by atoms with Crippen molar-refractivity contribution < 1.29 is 23.3 Å². The molecule has 1 aliphatic carbocycles. The summed E-state index contributed by atoms with van der Waals surface area (Å²) in [6.45, 7) is 1.88. The largest absolute Gasteiger partial charge is 0.491 e. The first-order chi connectivity index (χ1) is 23.8. The second-order valence-corrected chi connectivity index (χ2v) is 15.5. The van der Waals surface area contributed by atoms with Crippen LogP contribution in [0.3, 0.4) is 0 Å². The lowest BCUT2D eigenvalue weighted by Gasteiger charge is -2.43. The van der Waals surface area contributed by atoms with Crippen molar-refractivity contribution in [3.63, 3.8) is 0 Å². The molecular weight excluding hydrogens is 662 g/mol. The van der Waals surface area contributed by atoms with Gasteiger partial charge in [-0.2, -0.15) is 0 Å². The van der Waals surface area contributed by atoms with Gasteiger partial charge < -0.3 is 14.4 Å². The number of hydrogen-bond donors (Lipinski definition) is 1. The topological polar surface area (TPSA) is 123 Å². The Kier molecular flexibility index (Phi) is 11.6. The molecule has 1 saturated carbocycles. The van der Waals surface area contributed by atoms with Crippen molar-refractivity contribution in [2.75, 3.05) is 30.9 Å². The standard InChI is InChI=1S/C37H44ClN5O5S/c1-47-33-9-3-2-6-21-49(46,41-36(44)17-16-35-39-18-7-19-40-35)42-37(45)27-12-15-34-32(23-27)43(25-29-11-14-31(29)33)24-28-10-13-30(38)22-26(28)8-4-5-20-48-34/h3,7,9-10,12-13,15,18-19,22-23,29,31,33H,2,4-6,8,11,14,16-17,20-21,24-25H2,1H3,(H,41,42,44,45,46)/b9-3+/t29-,31+,33-,49?/m0/s1. The van der Waals surface area contributed by atoms with Gasteiger partial charge in [0.25, 0.3) is 5.91 Å². The van der Waals surface area contributed by atoms with Gasteiger partial charge in [0.1, 0.15) is 21.5 Å². The third-order valence-electron chi connectivity index (χ3n) is 9.62. The summed E-state index contributed by atoms with van der Waals surface area (Å²) in [4.78, 5) is 37.5. The van der Waals surface area contributed by atoms with E-state index in [0.29, 0.717) is 54.4 Å². The minimum absolute atomic E-state index is 0.0144. The van der Waals surface area contributed by atoms with Gasteiger partial charge in [0.15, 0.2) is 0 Å². The number of nitrogens with zero attached hydrogens (tertiary/aromatic N) is 4. The number of benzene rings is 2. The molecule has 260 valence electrons. The van der Waals surface area contributed by atoms with Crippen LogP contribution in [-0.2, 0) is 38.8 Å². The van der Waals surface area contributed by atoms with Gasteiger partial charge in [0, 0.05) is 56.0 Å². The summed E-state index contributed by atoms with van der Waals surface area (Å²) >= 11 is 6.45. The van der Waals surface area contributed by atoms with Crippen LogP contribution in [0.5, 0.6) is 5.75 Å². The zero-order valence-electron chi connectivity index (χ0n) is 27.9. The van der Waals surface area contributed by atoms with Crippen LogP contribution < -0.4 is 14.4 Å². The van der Waals surface area contributed by atoms with Gasteiger partial charge in [0.2, 0.25) is 5.91 Å². The van der Waals surface area contributed by atoms with Gasteiger partial charge in [0.05, 0.1) is 24.2 Å². The Labute approximate surface area is 294 Å². The van der Waals surface area contributed by atoms with Crippen molar-refractivity contribution >= 4 is 39.0 Å². The Morgan fingerprint density at radius 1 is 1.10 bits per heavy atom. The Morgan fingerprint density at radius 2 is 1.96 bits per heavy atom. The summed E-state index contributed by atoms with van der Waals surface area (Å²) in [5.41, 5.74) is 3.45. The van der Waals surface area contributed by atoms with Crippen LogP contribution in [0, 0.1) is 11.8 Å². The summed E-state index contributed by atoms with van der Waals surface area (Å²) in [5, 5.41) is 0.714. The third-order valence-corrected chi connectivity index (χ3v) is 11.7. The number of amides is 2. The monoisotopic (exact) mass is 705 g/mol. The van der Waals surface area contributed by atoms with E-state index < -0.39 is 21.7 Å². The van der Waals surface area contributed by atoms with Crippen LogP contribution in [0.1, 0.15) is 72.3 Å². The van der Waals surface area contributed by atoms with E-state index in [4.69, 9.17) is 21.1 Å². The first-order valence-corrected chi connectivity index (χ1v) is 19.2. The van der Waals surface area contributed by atoms with Crippen LogP contribution in [0.15, 0.2) is 71.4 Å². The Hall–Kier alpha value is -3.80. The number of halogens is 1. The number of allylic oxidation sites excluding steroid dienone is 1. The second-order valence-electron chi connectivity index (χ2n) is 13.0. The van der Waals surface area contributed by atoms with E-state index in [1.54, 1.807) is 37.7 Å². The Balaban J connectivity index is 1.38. The molecule has 2 aromatic carbocycles. The van der Waals surface area contributed by atoms with Gasteiger partial charge >= 0.3 is 0 Å². The number of carbonyl (C=O) groups is 2. The summed E-state index contributed by atoms with van der Waals surface area (Å²) in [7, 11) is -1.69. The minimum Gasteiger partial charge on any atom is -0.491 e. The summed E-state index contributed by atoms with van der Waals surface area (Å²) in [5.74, 6) is 0.796. The highest BCUT2D eigenvalue weighted by molar-refractivity contribution is 7.92. The van der Waals surface area contributed by atoms with E-state index in [2.05, 4.69) is 42.2 Å². The molecule has 12 heteroatoms. The molecule has 0 radical (unpaired) electrons. The third kappa shape index (κ3) is 9.06. The maximum absolute atomic E-state index is 14.2. The van der Waals surface area contributed by atoms with E-state index in [9.17, 15) is 13.8 Å². The zero-order chi connectivity index (χ0) is 34.2. The van der Waals surface area contributed by atoms with Crippen molar-refractivity contribution in [2.24, 2.45) is 16.2 Å². The number of hydrogen-bond acceptors (Lipinski definition) is 8. The molecule has 1 aromatic heterocycles. The van der Waals surface area contributed by atoms with Gasteiger partial charge in [-0.1, -0.05) is 29.8 Å². The van der Waals surface area contributed by atoms with E-state index in [-0.39, 0.29) is 30.3 Å². The average Bonchev–Trinajstić information content (AvgIpc) is 3.11. The summed E-state index contributed by atoms with van der Waals surface area (Å²) < 4.78 is 33.4. The van der Waals surface area contributed by atoms with Crippen molar-refractivity contribution in [1.29, 1.82) is 0 Å². The lowest BCUT2D eigenvalue weighted by atomic mass is 9.70. The quantitative estimate of drug-likeness (QED) is 0.298. The molecule has 0 saturated heterocycles. The predicted octanol–water partition coefficient (Wildman–Crippen LogP) is 6.52. The average molecular weight is 706 g/mol. The molecule has 6 rings (SSSR count). The van der Waals surface area contributed by atoms with Gasteiger partial charge in [-0.3, -0.25) is 14.3 Å². The smallest absolute Gasteiger partial charge is 0.286 e. The first-order valence-electron chi connectivity index (χ1n) is 17.1. The Bertz CT molecular complexity index is 1790. The van der Waals surface area contributed by atoms with Crippen LogP contribution in [0.25, 0.3) is 0 Å². The molecular formula is C37H44ClN5O5S. The summed E-state index contributed by atoms with van der Waals surface area (Å²) in [6, 6.07) is 13.1. The van der Waals surface area contributed by atoms with Crippen molar-refractivity contribution in [3.8, 4) is 5.75 Å². The molecule has 2 bridgehead atoms. The number of ether oxygens (including phenoxy) is 2. The van der Waals surface area contributed by atoms with Crippen LogP contribution in [0.4, 0.5) is 5.69 Å². The fourth-order valence-corrected chi connectivity index (χ4v) is 8.66. The SMILES string of the molecule is CO[C@H]1/C=C/CCCS(=O)(NC(=O)CCc2ncccn2)=NC(=O)c2ccc3c(c2)N(Cc2ccc(Cl)cc2CCCCO3)C[C@@H]2CC[C@H]21. The predicted molar refractivity (Wildman–Crippen MR) is 191 cm³/mol. The lowest BCUT2D eigenvalue weighted by Crippen LogP contribution is -2.43. The molecule has 1 fully saturated rings. The normalized spacial score (nSPS) is 25.2. The lowest BCUT2D eigenvalue weighted by molar-refractivity contribution is -0.119. The van der Waals surface area contributed by atoms with Crippen LogP contribution >= 0.6 is 11.6 Å². The highest BCUT2D eigenvalue weighted by atomic mass is 35.5. The number of anilines is 1. The molecule has 4 atom stereocenters. The molecule has 3 aliphatic rings. The van der Waals surface area contributed by atoms with Gasteiger partial charge in [-0.05, 0) is 104 Å². The highest BCUT2D eigenvalue weighted by Gasteiger charge is 2.38. The Morgan fingerprint density at radius 3 is 2.76 bits per heavy atom. The van der Waals surface area contributed by atoms with Crippen LogP contribution in [-0.4, -0.2) is 58.1 Å². The van der Waals surface area contributed by atoms with E-state index in [1.165, 1.54) is 11.1 Å². The molecule has 2 aliphatic heterocycles. The maximum Gasteiger partial charge on any atom is 0.286 e. The van der Waals surface area contributed by atoms with Gasteiger partial charge in [-0.15, -0.1) is 4.36 Å². The number of fused-ring (bicyclic) bond motifs is 3. The van der Waals surface area contributed by atoms with E-state index in [0.717, 1.165) is 44.3 Å². The molecule has 0 spiro atoms. The molecule has 1 unspecified atom stereocenters. The first kappa shape index (κ1) is 35.0. The number of aromatic nitrogens is 2. The molecule has 2 amide bonds. The van der Waals surface area contributed by atoms with Gasteiger partial charge in [-0.25, -0.2) is 14.2 Å². The van der Waals surface area contributed by atoms with Crippen molar-refractivity contribution in [1.82, 2.24) is 14.7 Å². The molecule has 1 N–H and O–H groups in total.